The van der Waals surface area contributed by atoms with Gasteiger partial charge in [0, 0.05) is 19.0 Å². The molecule has 0 fully saturated rings. The number of hydrogen-bond donors (Lipinski definition) is 2. The number of benzene rings is 1. The molecule has 1 rings (SSSR count). The molecule has 1 aromatic carbocycles. The zero-order valence-electron chi connectivity index (χ0n) is 11.3. The highest BCUT2D eigenvalue weighted by atomic mass is 79.9. The van der Waals surface area contributed by atoms with Crippen LogP contribution in [0.1, 0.15) is 18.9 Å². The Kier molecular flexibility index (Phi) is 6.93. The maximum absolute atomic E-state index is 9.82. The SMILES string of the molecule is C#CCC(C)NCC(O)COc1ccc(C)cc1Br. The Bertz CT molecular complexity index is 442. The molecule has 0 radical (unpaired) electrons. The molecular formula is C15H20BrNO2. The first kappa shape index (κ1) is 16.0. The van der Waals surface area contributed by atoms with E-state index >= 15 is 0 Å². The average molecular weight is 326 g/mol. The molecule has 0 bridgehead atoms. The van der Waals surface area contributed by atoms with Gasteiger partial charge in [0.05, 0.1) is 4.47 Å². The minimum atomic E-state index is -0.562. The van der Waals surface area contributed by atoms with Gasteiger partial charge in [0.1, 0.15) is 18.5 Å². The summed E-state index contributed by atoms with van der Waals surface area (Å²) in [6.07, 6.45) is 5.31. The minimum absolute atomic E-state index is 0.200. The van der Waals surface area contributed by atoms with Gasteiger partial charge in [-0.2, -0.15) is 0 Å². The van der Waals surface area contributed by atoms with Crippen LogP contribution in [0.15, 0.2) is 22.7 Å². The molecule has 3 nitrogen and oxygen atoms in total. The Morgan fingerprint density at radius 3 is 2.89 bits per heavy atom. The second kappa shape index (κ2) is 8.21. The second-order valence-corrected chi connectivity index (χ2v) is 5.47. The molecule has 0 saturated heterocycles. The standard InChI is InChI=1S/C15H20BrNO2/c1-4-5-12(3)17-9-13(18)10-19-15-7-6-11(2)8-14(15)16/h1,6-8,12-13,17-18H,5,9-10H2,2-3H3. The smallest absolute Gasteiger partial charge is 0.133 e. The van der Waals surface area contributed by atoms with E-state index in [0.29, 0.717) is 13.0 Å². The number of terminal acetylenes is 1. The fourth-order valence-electron chi connectivity index (χ4n) is 1.55. The van der Waals surface area contributed by atoms with Gasteiger partial charge in [-0.1, -0.05) is 6.07 Å². The van der Waals surface area contributed by atoms with Crippen molar-refractivity contribution in [3.8, 4) is 18.1 Å². The van der Waals surface area contributed by atoms with Gasteiger partial charge in [-0.3, -0.25) is 0 Å². The molecule has 2 unspecified atom stereocenters. The van der Waals surface area contributed by atoms with E-state index in [1.54, 1.807) is 0 Å². The van der Waals surface area contributed by atoms with Gasteiger partial charge in [0.15, 0.2) is 0 Å². The summed E-state index contributed by atoms with van der Waals surface area (Å²) in [5.74, 6) is 3.32. The highest BCUT2D eigenvalue weighted by Crippen LogP contribution is 2.25. The van der Waals surface area contributed by atoms with Gasteiger partial charge in [0.2, 0.25) is 0 Å². The molecule has 0 aliphatic carbocycles. The summed E-state index contributed by atoms with van der Waals surface area (Å²) in [6, 6.07) is 6.04. The van der Waals surface area contributed by atoms with E-state index < -0.39 is 6.10 Å². The summed E-state index contributed by atoms with van der Waals surface area (Å²) < 4.78 is 6.47. The van der Waals surface area contributed by atoms with Crippen LogP contribution >= 0.6 is 15.9 Å². The number of hydrogen-bond acceptors (Lipinski definition) is 3. The van der Waals surface area contributed by atoms with Crippen molar-refractivity contribution in [1.82, 2.24) is 5.32 Å². The minimum Gasteiger partial charge on any atom is -0.490 e. The lowest BCUT2D eigenvalue weighted by Gasteiger charge is -2.16. The van der Waals surface area contributed by atoms with Crippen LogP contribution < -0.4 is 10.1 Å². The summed E-state index contributed by atoms with van der Waals surface area (Å²) in [5.41, 5.74) is 1.16. The molecule has 0 aliphatic rings. The maximum Gasteiger partial charge on any atom is 0.133 e. The Morgan fingerprint density at radius 2 is 2.26 bits per heavy atom. The third-order valence-electron chi connectivity index (χ3n) is 2.64. The van der Waals surface area contributed by atoms with Crippen LogP contribution in [0, 0.1) is 19.3 Å². The number of nitrogens with one attached hydrogen (secondary N) is 1. The van der Waals surface area contributed by atoms with Crippen molar-refractivity contribution in [2.45, 2.75) is 32.4 Å². The number of aryl methyl sites for hydroxylation is 1. The topological polar surface area (TPSA) is 41.5 Å². The van der Waals surface area contributed by atoms with E-state index in [-0.39, 0.29) is 12.6 Å². The van der Waals surface area contributed by atoms with Crippen LogP contribution in [-0.4, -0.2) is 30.4 Å². The molecule has 0 spiro atoms. The molecule has 2 N–H and O–H groups in total. The molecule has 0 aromatic heterocycles. The van der Waals surface area contributed by atoms with E-state index in [0.717, 1.165) is 15.8 Å². The number of rotatable bonds is 7. The second-order valence-electron chi connectivity index (χ2n) is 4.62. The fraction of sp³-hybridized carbons (Fsp3) is 0.467. The Labute approximate surface area is 123 Å². The number of ether oxygens (including phenoxy) is 1. The number of aliphatic hydroxyl groups is 1. The normalized spacial score (nSPS) is 13.6. The monoisotopic (exact) mass is 325 g/mol. The van der Waals surface area contributed by atoms with Crippen molar-refractivity contribution in [3.05, 3.63) is 28.2 Å². The summed E-state index contributed by atoms with van der Waals surface area (Å²) >= 11 is 3.44. The molecular weight excluding hydrogens is 306 g/mol. The Balaban J connectivity index is 2.34. The third-order valence-corrected chi connectivity index (χ3v) is 3.26. The van der Waals surface area contributed by atoms with E-state index in [4.69, 9.17) is 11.2 Å². The van der Waals surface area contributed by atoms with E-state index in [9.17, 15) is 5.11 Å². The van der Waals surface area contributed by atoms with Gasteiger partial charge >= 0.3 is 0 Å². The largest absolute Gasteiger partial charge is 0.490 e. The van der Waals surface area contributed by atoms with Crippen molar-refractivity contribution >= 4 is 15.9 Å². The molecule has 0 amide bonds. The fourth-order valence-corrected chi connectivity index (χ4v) is 2.16. The van der Waals surface area contributed by atoms with Crippen LogP contribution in [0.4, 0.5) is 0 Å². The van der Waals surface area contributed by atoms with Crippen molar-refractivity contribution in [2.75, 3.05) is 13.2 Å². The lowest BCUT2D eigenvalue weighted by Crippen LogP contribution is -2.36. The van der Waals surface area contributed by atoms with Crippen LogP contribution in [0.5, 0.6) is 5.75 Å². The summed E-state index contributed by atoms with van der Waals surface area (Å²) in [7, 11) is 0. The third kappa shape index (κ3) is 6.11. The van der Waals surface area contributed by atoms with Gasteiger partial charge in [0.25, 0.3) is 0 Å². The van der Waals surface area contributed by atoms with E-state index in [2.05, 4.69) is 27.2 Å². The highest BCUT2D eigenvalue weighted by Gasteiger charge is 2.08. The van der Waals surface area contributed by atoms with Gasteiger partial charge in [-0.15, -0.1) is 12.3 Å². The van der Waals surface area contributed by atoms with Crippen LogP contribution in [-0.2, 0) is 0 Å². The molecule has 2 atom stereocenters. The Morgan fingerprint density at radius 1 is 1.53 bits per heavy atom. The molecule has 1 aromatic rings. The number of aliphatic hydroxyl groups excluding tert-OH is 1. The Hall–Kier alpha value is -1.02. The first-order valence-electron chi connectivity index (χ1n) is 6.26. The average Bonchev–Trinajstić information content (AvgIpc) is 2.35. The van der Waals surface area contributed by atoms with Gasteiger partial charge < -0.3 is 15.2 Å². The summed E-state index contributed by atoms with van der Waals surface area (Å²) in [5, 5.41) is 13.0. The van der Waals surface area contributed by atoms with Crippen LogP contribution in [0.25, 0.3) is 0 Å². The first-order chi connectivity index (χ1) is 9.02. The van der Waals surface area contributed by atoms with E-state index in [1.165, 1.54) is 0 Å². The molecule has 0 saturated carbocycles. The summed E-state index contributed by atoms with van der Waals surface area (Å²) in [4.78, 5) is 0. The molecule has 19 heavy (non-hydrogen) atoms. The predicted molar refractivity (Wildman–Crippen MR) is 81.3 cm³/mol. The van der Waals surface area contributed by atoms with Crippen molar-refractivity contribution < 1.29 is 9.84 Å². The molecule has 4 heteroatoms. The van der Waals surface area contributed by atoms with Crippen molar-refractivity contribution in [2.24, 2.45) is 0 Å². The van der Waals surface area contributed by atoms with Crippen LogP contribution in [0.2, 0.25) is 0 Å². The van der Waals surface area contributed by atoms with Crippen molar-refractivity contribution in [3.63, 3.8) is 0 Å². The van der Waals surface area contributed by atoms with Gasteiger partial charge in [-0.25, -0.2) is 0 Å². The molecule has 104 valence electrons. The van der Waals surface area contributed by atoms with E-state index in [1.807, 2.05) is 32.0 Å². The zero-order chi connectivity index (χ0) is 14.3. The maximum atomic E-state index is 9.82. The first-order valence-corrected chi connectivity index (χ1v) is 7.06. The van der Waals surface area contributed by atoms with Gasteiger partial charge in [-0.05, 0) is 47.5 Å². The lowest BCUT2D eigenvalue weighted by molar-refractivity contribution is 0.104. The predicted octanol–water partition coefficient (Wildman–Crippen LogP) is 2.50. The molecule has 0 aliphatic heterocycles. The number of halogens is 1. The zero-order valence-corrected chi connectivity index (χ0v) is 12.9. The highest BCUT2D eigenvalue weighted by molar-refractivity contribution is 9.10. The summed E-state index contributed by atoms with van der Waals surface area (Å²) in [6.45, 7) is 4.72. The quantitative estimate of drug-likeness (QED) is 0.757. The van der Waals surface area contributed by atoms with Crippen LogP contribution in [0.3, 0.4) is 0 Å². The van der Waals surface area contributed by atoms with Crippen molar-refractivity contribution in [1.29, 1.82) is 0 Å². The lowest BCUT2D eigenvalue weighted by atomic mass is 10.2. The molecule has 0 heterocycles.